The van der Waals surface area contributed by atoms with Gasteiger partial charge in [0.1, 0.15) is 11.6 Å². The van der Waals surface area contributed by atoms with Crippen molar-refractivity contribution >= 4 is 11.9 Å². The van der Waals surface area contributed by atoms with Gasteiger partial charge >= 0.3 is 0 Å². The van der Waals surface area contributed by atoms with Crippen molar-refractivity contribution in [1.29, 1.82) is 0 Å². The van der Waals surface area contributed by atoms with E-state index in [-0.39, 0.29) is 17.7 Å². The number of anilines is 1. The molecule has 0 aliphatic rings. The van der Waals surface area contributed by atoms with E-state index in [1.807, 2.05) is 31.2 Å². The predicted molar refractivity (Wildman–Crippen MR) is 108 cm³/mol. The summed E-state index contributed by atoms with van der Waals surface area (Å²) in [6.07, 6.45) is 3.59. The van der Waals surface area contributed by atoms with E-state index in [1.165, 1.54) is 18.3 Å². The van der Waals surface area contributed by atoms with Gasteiger partial charge in [-0.2, -0.15) is 4.98 Å². The standard InChI is InChI=1S/C22H18FN5O/c1-14-4-2-6-16(8-14)17-11-18(13-24-12-17)21(29)26-22-25-20(27-28-22)10-15-5-3-7-19(23)9-15/h2-9,11-13H,10H2,1H3,(H2,25,26,27,28,29). The van der Waals surface area contributed by atoms with Crippen molar-refractivity contribution in [3.05, 3.63) is 95.3 Å². The van der Waals surface area contributed by atoms with Crippen LogP contribution in [0.1, 0.15) is 27.3 Å². The lowest BCUT2D eigenvalue weighted by Crippen LogP contribution is -2.13. The summed E-state index contributed by atoms with van der Waals surface area (Å²) >= 11 is 0. The van der Waals surface area contributed by atoms with E-state index in [0.717, 1.165) is 22.3 Å². The van der Waals surface area contributed by atoms with E-state index in [1.54, 1.807) is 24.4 Å². The van der Waals surface area contributed by atoms with Crippen LogP contribution in [-0.4, -0.2) is 26.1 Å². The Hall–Kier alpha value is -3.87. The van der Waals surface area contributed by atoms with Crippen molar-refractivity contribution in [2.45, 2.75) is 13.3 Å². The molecule has 1 amide bonds. The van der Waals surface area contributed by atoms with Crippen molar-refractivity contribution in [1.82, 2.24) is 20.2 Å². The Morgan fingerprint density at radius 2 is 1.93 bits per heavy atom. The summed E-state index contributed by atoms with van der Waals surface area (Å²) in [5, 5.41) is 9.43. The minimum atomic E-state index is -0.358. The minimum Gasteiger partial charge on any atom is -0.289 e. The first-order valence-electron chi connectivity index (χ1n) is 9.06. The van der Waals surface area contributed by atoms with Crippen LogP contribution in [0, 0.1) is 12.7 Å². The summed E-state index contributed by atoms with van der Waals surface area (Å²) < 4.78 is 13.3. The van der Waals surface area contributed by atoms with Crippen LogP contribution >= 0.6 is 0 Å². The lowest BCUT2D eigenvalue weighted by molar-refractivity contribution is 0.102. The van der Waals surface area contributed by atoms with E-state index in [4.69, 9.17) is 0 Å². The monoisotopic (exact) mass is 387 g/mol. The van der Waals surface area contributed by atoms with Gasteiger partial charge in [-0.05, 0) is 36.2 Å². The molecule has 0 spiro atoms. The van der Waals surface area contributed by atoms with E-state index < -0.39 is 0 Å². The van der Waals surface area contributed by atoms with Gasteiger partial charge in [0.2, 0.25) is 5.95 Å². The first-order chi connectivity index (χ1) is 14.1. The van der Waals surface area contributed by atoms with Crippen LogP contribution in [0.15, 0.2) is 67.0 Å². The molecule has 0 aliphatic carbocycles. The summed E-state index contributed by atoms with van der Waals surface area (Å²) in [7, 11) is 0. The molecule has 144 valence electrons. The maximum absolute atomic E-state index is 13.3. The molecule has 4 aromatic rings. The SMILES string of the molecule is Cc1cccc(-c2cncc(C(=O)Nc3n[nH]c(Cc4cccc(F)c4)n3)c2)c1. The second-order valence-electron chi connectivity index (χ2n) is 6.70. The molecule has 2 N–H and O–H groups in total. The lowest BCUT2D eigenvalue weighted by Gasteiger charge is -2.05. The Kier molecular flexibility index (Phi) is 5.11. The fourth-order valence-electron chi connectivity index (χ4n) is 2.99. The van der Waals surface area contributed by atoms with E-state index in [2.05, 4.69) is 25.5 Å². The minimum absolute atomic E-state index is 0.155. The fourth-order valence-corrected chi connectivity index (χ4v) is 2.99. The van der Waals surface area contributed by atoms with Crippen molar-refractivity contribution in [2.75, 3.05) is 5.32 Å². The van der Waals surface area contributed by atoms with Gasteiger partial charge in [0, 0.05) is 24.4 Å². The third-order valence-corrected chi connectivity index (χ3v) is 4.37. The van der Waals surface area contributed by atoms with E-state index >= 15 is 0 Å². The quantitative estimate of drug-likeness (QED) is 0.539. The molecule has 2 aromatic heterocycles. The Morgan fingerprint density at radius 3 is 2.76 bits per heavy atom. The second-order valence-corrected chi connectivity index (χ2v) is 6.70. The summed E-state index contributed by atoms with van der Waals surface area (Å²) in [5.41, 5.74) is 4.13. The number of aryl methyl sites for hydroxylation is 1. The predicted octanol–water partition coefficient (Wildman–Crippen LogP) is 4.16. The highest BCUT2D eigenvalue weighted by Gasteiger charge is 2.12. The molecule has 6 nitrogen and oxygen atoms in total. The number of pyridine rings is 1. The van der Waals surface area contributed by atoms with Gasteiger partial charge in [-0.3, -0.25) is 20.2 Å². The van der Waals surface area contributed by atoms with Gasteiger partial charge in [0.25, 0.3) is 5.91 Å². The van der Waals surface area contributed by atoms with E-state index in [0.29, 0.717) is 17.8 Å². The molecule has 7 heteroatoms. The Bertz CT molecular complexity index is 1170. The maximum Gasteiger partial charge on any atom is 0.259 e. The molecule has 0 bridgehead atoms. The fraction of sp³-hybridized carbons (Fsp3) is 0.0909. The first kappa shape index (κ1) is 18.5. The maximum atomic E-state index is 13.3. The Morgan fingerprint density at radius 1 is 1.07 bits per heavy atom. The highest BCUT2D eigenvalue weighted by atomic mass is 19.1. The van der Waals surface area contributed by atoms with E-state index in [9.17, 15) is 9.18 Å². The van der Waals surface area contributed by atoms with Gasteiger partial charge in [0.05, 0.1) is 5.56 Å². The normalized spacial score (nSPS) is 10.7. The van der Waals surface area contributed by atoms with Crippen LogP contribution in [0.5, 0.6) is 0 Å². The van der Waals surface area contributed by atoms with Crippen LogP contribution in [-0.2, 0) is 6.42 Å². The molecule has 0 saturated carbocycles. The number of rotatable bonds is 5. The zero-order valence-corrected chi connectivity index (χ0v) is 15.7. The molecule has 0 atom stereocenters. The third kappa shape index (κ3) is 4.52. The first-order valence-corrected chi connectivity index (χ1v) is 9.06. The number of carbonyl (C=O) groups excluding carboxylic acids is 1. The number of amides is 1. The molecular formula is C22H18FN5O. The van der Waals surface area contributed by atoms with Crippen molar-refractivity contribution < 1.29 is 9.18 Å². The number of hydrogen-bond donors (Lipinski definition) is 2. The molecule has 4 rings (SSSR count). The van der Waals surface area contributed by atoms with Gasteiger partial charge in [0.15, 0.2) is 0 Å². The van der Waals surface area contributed by atoms with Crippen LogP contribution in [0.2, 0.25) is 0 Å². The molecule has 0 fully saturated rings. The number of halogens is 1. The molecule has 2 aromatic carbocycles. The summed E-state index contributed by atoms with van der Waals surface area (Å²) in [6, 6.07) is 16.0. The summed E-state index contributed by atoms with van der Waals surface area (Å²) in [4.78, 5) is 21.0. The molecule has 2 heterocycles. The number of nitrogens with zero attached hydrogens (tertiary/aromatic N) is 3. The average Bonchev–Trinajstić information content (AvgIpc) is 3.15. The van der Waals surface area contributed by atoms with Gasteiger partial charge in [-0.25, -0.2) is 4.39 Å². The third-order valence-electron chi connectivity index (χ3n) is 4.37. The topological polar surface area (TPSA) is 83.6 Å². The van der Waals surface area contributed by atoms with Crippen molar-refractivity contribution in [2.24, 2.45) is 0 Å². The number of nitrogens with one attached hydrogen (secondary N) is 2. The van der Waals surface area contributed by atoms with Crippen LogP contribution in [0.4, 0.5) is 10.3 Å². The summed E-state index contributed by atoms with van der Waals surface area (Å²) in [6.45, 7) is 2.01. The lowest BCUT2D eigenvalue weighted by atomic mass is 10.0. The number of hydrogen-bond acceptors (Lipinski definition) is 4. The number of aromatic nitrogens is 4. The number of aromatic amines is 1. The second kappa shape index (κ2) is 8.02. The number of carbonyl (C=O) groups is 1. The summed E-state index contributed by atoms with van der Waals surface area (Å²) in [5.74, 6) is 0.0136. The van der Waals surface area contributed by atoms with Gasteiger partial charge in [-0.1, -0.05) is 42.0 Å². The Labute approximate surface area is 166 Å². The Balaban J connectivity index is 1.47. The van der Waals surface area contributed by atoms with Gasteiger partial charge < -0.3 is 0 Å². The smallest absolute Gasteiger partial charge is 0.259 e. The molecule has 0 aliphatic heterocycles. The van der Waals surface area contributed by atoms with Crippen molar-refractivity contribution in [3.63, 3.8) is 0 Å². The zero-order valence-electron chi connectivity index (χ0n) is 15.7. The molecule has 0 saturated heterocycles. The molecule has 0 radical (unpaired) electrons. The van der Waals surface area contributed by atoms with Crippen LogP contribution < -0.4 is 5.32 Å². The molecule has 29 heavy (non-hydrogen) atoms. The number of H-pyrrole nitrogens is 1. The number of benzene rings is 2. The van der Waals surface area contributed by atoms with Crippen LogP contribution in [0.25, 0.3) is 11.1 Å². The van der Waals surface area contributed by atoms with Crippen LogP contribution in [0.3, 0.4) is 0 Å². The van der Waals surface area contributed by atoms with Gasteiger partial charge in [-0.15, -0.1) is 5.10 Å². The highest BCUT2D eigenvalue weighted by molar-refractivity contribution is 6.03. The highest BCUT2D eigenvalue weighted by Crippen LogP contribution is 2.21. The largest absolute Gasteiger partial charge is 0.289 e. The average molecular weight is 387 g/mol. The van der Waals surface area contributed by atoms with Crippen molar-refractivity contribution in [3.8, 4) is 11.1 Å². The molecule has 0 unspecified atom stereocenters. The zero-order chi connectivity index (χ0) is 20.2. The molecular weight excluding hydrogens is 369 g/mol.